The van der Waals surface area contributed by atoms with Crippen molar-refractivity contribution in [2.75, 3.05) is 12.3 Å². The number of carboxylic acids is 1. The Morgan fingerprint density at radius 3 is 2.53 bits per heavy atom. The van der Waals surface area contributed by atoms with Gasteiger partial charge in [0.2, 0.25) is 10.0 Å². The van der Waals surface area contributed by atoms with Crippen LogP contribution in [0.25, 0.3) is 0 Å². The van der Waals surface area contributed by atoms with E-state index in [1.807, 2.05) is 0 Å². The van der Waals surface area contributed by atoms with Gasteiger partial charge in [-0.25, -0.2) is 13.1 Å². The number of sulfonamides is 1. The highest BCUT2D eigenvalue weighted by Gasteiger charge is 2.50. The SMILES string of the molecule is O=C(O)C1(CNS(=O)(=O)CCc2ccncc2)CC1. The van der Waals surface area contributed by atoms with Gasteiger partial charge in [-0.1, -0.05) is 0 Å². The Morgan fingerprint density at radius 2 is 2.00 bits per heavy atom. The lowest BCUT2D eigenvalue weighted by atomic mass is 10.1. The second kappa shape index (κ2) is 5.26. The van der Waals surface area contributed by atoms with Crippen molar-refractivity contribution in [3.8, 4) is 0 Å². The Balaban J connectivity index is 1.84. The molecule has 1 aromatic heterocycles. The minimum Gasteiger partial charge on any atom is -0.481 e. The van der Waals surface area contributed by atoms with E-state index in [9.17, 15) is 13.2 Å². The van der Waals surface area contributed by atoms with Crippen molar-refractivity contribution in [3.63, 3.8) is 0 Å². The van der Waals surface area contributed by atoms with Crippen LogP contribution in [0.15, 0.2) is 24.5 Å². The number of aromatic nitrogens is 1. The van der Waals surface area contributed by atoms with E-state index < -0.39 is 21.4 Å². The van der Waals surface area contributed by atoms with E-state index >= 15 is 0 Å². The molecule has 1 heterocycles. The van der Waals surface area contributed by atoms with Crippen molar-refractivity contribution < 1.29 is 18.3 Å². The zero-order valence-electron chi connectivity index (χ0n) is 10.4. The van der Waals surface area contributed by atoms with E-state index in [1.165, 1.54) is 0 Å². The van der Waals surface area contributed by atoms with Gasteiger partial charge in [-0.3, -0.25) is 9.78 Å². The number of pyridine rings is 1. The fourth-order valence-electron chi connectivity index (χ4n) is 1.74. The Kier molecular flexibility index (Phi) is 3.86. The molecular weight excluding hydrogens is 268 g/mol. The summed E-state index contributed by atoms with van der Waals surface area (Å²) in [7, 11) is -3.44. The molecule has 2 N–H and O–H groups in total. The summed E-state index contributed by atoms with van der Waals surface area (Å²) in [5.74, 6) is -0.975. The van der Waals surface area contributed by atoms with Gasteiger partial charge < -0.3 is 5.11 Å². The summed E-state index contributed by atoms with van der Waals surface area (Å²) < 4.78 is 26.0. The van der Waals surface area contributed by atoms with Crippen LogP contribution >= 0.6 is 0 Å². The van der Waals surface area contributed by atoms with Gasteiger partial charge in [-0.05, 0) is 37.0 Å². The molecule has 0 spiro atoms. The van der Waals surface area contributed by atoms with Gasteiger partial charge in [0.15, 0.2) is 0 Å². The predicted molar refractivity (Wildman–Crippen MR) is 69.0 cm³/mol. The highest BCUT2D eigenvalue weighted by atomic mass is 32.2. The van der Waals surface area contributed by atoms with Gasteiger partial charge >= 0.3 is 5.97 Å². The summed E-state index contributed by atoms with van der Waals surface area (Å²) in [5.41, 5.74) is 0.0174. The molecule has 104 valence electrons. The molecule has 1 aliphatic rings. The molecule has 0 amide bonds. The molecule has 19 heavy (non-hydrogen) atoms. The van der Waals surface area contributed by atoms with Gasteiger partial charge in [0, 0.05) is 18.9 Å². The molecule has 0 unspecified atom stereocenters. The molecule has 1 saturated carbocycles. The molecule has 6 nitrogen and oxygen atoms in total. The van der Waals surface area contributed by atoms with Crippen LogP contribution in [0.4, 0.5) is 0 Å². The van der Waals surface area contributed by atoms with Crippen molar-refractivity contribution in [3.05, 3.63) is 30.1 Å². The molecule has 0 aliphatic heterocycles. The summed E-state index contributed by atoms with van der Waals surface area (Å²) in [6, 6.07) is 3.52. The first-order chi connectivity index (χ1) is 8.94. The van der Waals surface area contributed by atoms with Crippen molar-refractivity contribution in [1.82, 2.24) is 9.71 Å². The number of carboxylic acid groups (broad SMARTS) is 1. The first-order valence-electron chi connectivity index (χ1n) is 6.03. The van der Waals surface area contributed by atoms with E-state index in [1.54, 1.807) is 24.5 Å². The summed E-state index contributed by atoms with van der Waals surface area (Å²) in [6.45, 7) is -0.0129. The fraction of sp³-hybridized carbons (Fsp3) is 0.500. The second-order valence-electron chi connectivity index (χ2n) is 4.83. The van der Waals surface area contributed by atoms with Crippen molar-refractivity contribution in [1.29, 1.82) is 0 Å². The van der Waals surface area contributed by atoms with Crippen molar-refractivity contribution in [2.24, 2.45) is 5.41 Å². The highest BCUT2D eigenvalue weighted by Crippen LogP contribution is 2.45. The van der Waals surface area contributed by atoms with Crippen LogP contribution < -0.4 is 4.72 Å². The number of nitrogens with zero attached hydrogens (tertiary/aromatic N) is 1. The third-order valence-corrected chi connectivity index (χ3v) is 4.67. The van der Waals surface area contributed by atoms with Gasteiger partial charge in [0.1, 0.15) is 0 Å². The van der Waals surface area contributed by atoms with E-state index in [0.717, 1.165) is 5.56 Å². The lowest BCUT2D eigenvalue weighted by Crippen LogP contribution is -2.35. The van der Waals surface area contributed by atoms with Crippen LogP contribution in [-0.2, 0) is 21.2 Å². The standard InChI is InChI=1S/C12H16N2O4S/c15-11(16)12(4-5-12)9-14-19(17,18)8-3-10-1-6-13-7-2-10/h1-2,6-7,14H,3-5,8-9H2,(H,15,16). The monoisotopic (exact) mass is 284 g/mol. The molecule has 2 rings (SSSR count). The number of hydrogen-bond donors (Lipinski definition) is 2. The zero-order valence-corrected chi connectivity index (χ0v) is 11.2. The van der Waals surface area contributed by atoms with E-state index in [0.29, 0.717) is 19.3 Å². The first kappa shape index (κ1) is 14.0. The summed E-state index contributed by atoms with van der Waals surface area (Å²) in [5, 5.41) is 8.97. The fourth-order valence-corrected chi connectivity index (χ4v) is 2.88. The Labute approximate surface area is 111 Å². The average Bonchev–Trinajstić information content (AvgIpc) is 3.17. The Hall–Kier alpha value is -1.47. The number of hydrogen-bond acceptors (Lipinski definition) is 4. The van der Waals surface area contributed by atoms with Crippen LogP contribution in [-0.4, -0.2) is 36.8 Å². The molecule has 1 aromatic rings. The quantitative estimate of drug-likeness (QED) is 0.756. The number of aliphatic carboxylic acids is 1. The van der Waals surface area contributed by atoms with E-state index in [4.69, 9.17) is 5.11 Å². The number of rotatable bonds is 7. The molecule has 0 aromatic carbocycles. The van der Waals surface area contributed by atoms with Crippen molar-refractivity contribution >= 4 is 16.0 Å². The second-order valence-corrected chi connectivity index (χ2v) is 6.76. The van der Waals surface area contributed by atoms with Crippen LogP contribution in [0.5, 0.6) is 0 Å². The molecule has 0 radical (unpaired) electrons. The molecule has 0 bridgehead atoms. The summed E-state index contributed by atoms with van der Waals surface area (Å²) in [4.78, 5) is 14.8. The van der Waals surface area contributed by atoms with Gasteiger partial charge in [0.05, 0.1) is 11.2 Å². The zero-order chi connectivity index (χ0) is 13.9. The number of carbonyl (C=O) groups is 1. The number of aryl methyl sites for hydroxylation is 1. The first-order valence-corrected chi connectivity index (χ1v) is 7.68. The maximum absolute atomic E-state index is 11.8. The van der Waals surface area contributed by atoms with Crippen LogP contribution in [0, 0.1) is 5.41 Å². The molecule has 0 atom stereocenters. The predicted octanol–water partition coefficient (Wildman–Crippen LogP) is 0.408. The summed E-state index contributed by atoms with van der Waals surface area (Å²) >= 11 is 0. The lowest BCUT2D eigenvalue weighted by molar-refractivity contribution is -0.143. The molecule has 0 saturated heterocycles. The molecular formula is C12H16N2O4S. The average molecular weight is 284 g/mol. The van der Waals surface area contributed by atoms with E-state index in [-0.39, 0.29) is 12.3 Å². The van der Waals surface area contributed by atoms with Gasteiger partial charge in [-0.2, -0.15) is 0 Å². The maximum Gasteiger partial charge on any atom is 0.310 e. The molecule has 1 aliphatic carbocycles. The Morgan fingerprint density at radius 1 is 1.37 bits per heavy atom. The molecule has 7 heteroatoms. The van der Waals surface area contributed by atoms with Crippen LogP contribution in [0.3, 0.4) is 0 Å². The minimum atomic E-state index is -3.44. The third-order valence-electron chi connectivity index (χ3n) is 3.35. The van der Waals surface area contributed by atoms with Crippen molar-refractivity contribution in [2.45, 2.75) is 19.3 Å². The third kappa shape index (κ3) is 3.74. The van der Waals surface area contributed by atoms with E-state index in [2.05, 4.69) is 9.71 Å². The topological polar surface area (TPSA) is 96.4 Å². The van der Waals surface area contributed by atoms with Crippen LogP contribution in [0.2, 0.25) is 0 Å². The maximum atomic E-state index is 11.8. The summed E-state index contributed by atoms with van der Waals surface area (Å²) in [6.07, 6.45) is 4.68. The van der Waals surface area contributed by atoms with Crippen LogP contribution in [0.1, 0.15) is 18.4 Å². The smallest absolute Gasteiger partial charge is 0.310 e. The number of nitrogens with one attached hydrogen (secondary N) is 1. The van der Waals surface area contributed by atoms with Gasteiger partial charge in [0.25, 0.3) is 0 Å². The Bertz CT molecular complexity index is 552. The largest absolute Gasteiger partial charge is 0.481 e. The normalized spacial score (nSPS) is 17.1. The minimum absolute atomic E-state index is 0.0129. The lowest BCUT2D eigenvalue weighted by Gasteiger charge is -2.11. The molecule has 1 fully saturated rings. The highest BCUT2D eigenvalue weighted by molar-refractivity contribution is 7.89. The van der Waals surface area contributed by atoms with Gasteiger partial charge in [-0.15, -0.1) is 0 Å².